The molecule has 0 radical (unpaired) electrons. The van der Waals surface area contributed by atoms with E-state index in [1.807, 2.05) is 24.3 Å². The van der Waals surface area contributed by atoms with E-state index in [2.05, 4.69) is 42.5 Å². The van der Waals surface area contributed by atoms with E-state index in [1.165, 1.54) is 25.7 Å². The summed E-state index contributed by atoms with van der Waals surface area (Å²) in [5, 5.41) is 23.4. The molecule has 4 aromatic rings. The van der Waals surface area contributed by atoms with Gasteiger partial charge in [0.05, 0.1) is 50.6 Å². The Morgan fingerprint density at radius 1 is 0.294 bits per heavy atom. The minimum Gasteiger partial charge on any atom is -0.494 e. The van der Waals surface area contributed by atoms with Gasteiger partial charge in [-0.05, 0) is 74.2 Å². The Hall–Kier alpha value is -6.84. The molecule has 2 aliphatic heterocycles. The molecule has 8 bridgehead atoms. The summed E-state index contributed by atoms with van der Waals surface area (Å²) >= 11 is 0. The van der Waals surface area contributed by atoms with E-state index < -0.39 is 48.3 Å². The van der Waals surface area contributed by atoms with Crippen LogP contribution in [0.15, 0.2) is 97.1 Å². The third-order valence-corrected chi connectivity index (χ3v) is 12.3. The summed E-state index contributed by atoms with van der Waals surface area (Å²) in [5.74, 6) is 2.48. The Labute approximate surface area is 399 Å². The van der Waals surface area contributed by atoms with Gasteiger partial charge >= 0.3 is 24.1 Å². The number of ether oxygens (including phenoxy) is 4. The van der Waals surface area contributed by atoms with Gasteiger partial charge in [-0.25, -0.2) is 19.2 Å². The van der Waals surface area contributed by atoms with Gasteiger partial charge in [-0.1, -0.05) is 101 Å². The van der Waals surface area contributed by atoms with Crippen LogP contribution in [0.4, 0.5) is 41.9 Å². The fraction of sp³-hybridized carbons (Fsp3) is 0.462. The lowest BCUT2D eigenvalue weighted by atomic mass is 9.75. The van der Waals surface area contributed by atoms with Crippen molar-refractivity contribution < 1.29 is 38.1 Å². The standard InChI is InChI=1S/C52H68N8O8/c61-49-53-37-21-17-25-41(33-37)65-29-13-9-5-1-2-6-10-14-30-66-42-26-18-22-38(34-42)54-50(62)58-46-45(57-49)47-48(46)60-52(64)56-40-24-20-28-44(36-40)68-32-16-12-8-4-3-7-11-15-31-67-43-27-19-23-39(35-43)55-51(63)59-47/h17-28,33-36,45-48H,1-16,29-32H2,(H2,53,57,61)(H2,54,58,62)(H2,55,59,63)(H2,56,60,64). The van der Waals surface area contributed by atoms with Crippen molar-refractivity contribution in [3.63, 3.8) is 0 Å². The first-order valence-electron chi connectivity index (χ1n) is 24.6. The van der Waals surface area contributed by atoms with Crippen molar-refractivity contribution in [3.05, 3.63) is 97.1 Å². The van der Waals surface area contributed by atoms with Crippen LogP contribution in [0.25, 0.3) is 0 Å². The number of carbonyl (C=O) groups excluding carboxylic acids is 4. The highest BCUT2D eigenvalue weighted by Gasteiger charge is 2.54. The Morgan fingerprint density at radius 3 is 0.721 bits per heavy atom. The molecule has 16 heteroatoms. The van der Waals surface area contributed by atoms with Gasteiger partial charge in [0.1, 0.15) is 23.0 Å². The summed E-state index contributed by atoms with van der Waals surface area (Å²) in [7, 11) is 0. The van der Waals surface area contributed by atoms with Gasteiger partial charge in [0.2, 0.25) is 0 Å². The highest BCUT2D eigenvalue weighted by atomic mass is 16.5. The lowest BCUT2D eigenvalue weighted by Gasteiger charge is -2.51. The normalized spacial score (nSPS) is 22.5. The maximum absolute atomic E-state index is 13.9. The molecular formula is C52H68N8O8. The summed E-state index contributed by atoms with van der Waals surface area (Å²) < 4.78 is 24.2. The third kappa shape index (κ3) is 16.2. The molecule has 364 valence electrons. The molecular weight excluding hydrogens is 865 g/mol. The van der Waals surface area contributed by atoms with E-state index in [0.717, 1.165) is 77.0 Å². The fourth-order valence-corrected chi connectivity index (χ4v) is 8.68. The van der Waals surface area contributed by atoms with Gasteiger partial charge in [0.25, 0.3) is 0 Å². The largest absolute Gasteiger partial charge is 0.494 e. The monoisotopic (exact) mass is 933 g/mol. The van der Waals surface area contributed by atoms with Crippen LogP contribution in [0.3, 0.4) is 0 Å². The molecule has 4 aromatic carbocycles. The Bertz CT molecular complexity index is 1930. The van der Waals surface area contributed by atoms with Crippen molar-refractivity contribution in [2.75, 3.05) is 47.7 Å². The van der Waals surface area contributed by atoms with E-state index in [-0.39, 0.29) is 0 Å². The van der Waals surface area contributed by atoms with E-state index in [1.54, 1.807) is 72.8 Å². The molecule has 8 N–H and O–H groups in total. The predicted molar refractivity (Wildman–Crippen MR) is 265 cm³/mol. The molecule has 68 heavy (non-hydrogen) atoms. The quantitative estimate of drug-likeness (QED) is 0.0851. The summed E-state index contributed by atoms with van der Waals surface area (Å²) in [6.45, 7) is 2.22. The molecule has 1 aliphatic carbocycles. The average Bonchev–Trinajstić information content (AvgIpc) is 3.32. The number of urea groups is 4. The number of anilines is 4. The zero-order valence-electron chi connectivity index (χ0n) is 39.0. The second-order valence-electron chi connectivity index (χ2n) is 17.7. The molecule has 0 spiro atoms. The first kappa shape index (κ1) is 49.1. The fourth-order valence-electron chi connectivity index (χ4n) is 8.68. The molecule has 8 amide bonds. The minimum atomic E-state index is -0.928. The molecule has 0 aromatic heterocycles. The van der Waals surface area contributed by atoms with Gasteiger partial charge in [-0.3, -0.25) is 0 Å². The Balaban J connectivity index is 1.13. The van der Waals surface area contributed by atoms with Crippen LogP contribution in [0.2, 0.25) is 0 Å². The highest BCUT2D eigenvalue weighted by Crippen LogP contribution is 2.27. The number of nitrogens with one attached hydrogen (secondary N) is 8. The molecule has 7 rings (SSSR count). The van der Waals surface area contributed by atoms with Crippen LogP contribution < -0.4 is 61.5 Å². The van der Waals surface area contributed by atoms with E-state index in [0.29, 0.717) is 72.2 Å². The Kier molecular flexibility index (Phi) is 19.1. The lowest BCUT2D eigenvalue weighted by Crippen LogP contribution is -2.83. The average molecular weight is 933 g/mol. The smallest absolute Gasteiger partial charge is 0.319 e. The van der Waals surface area contributed by atoms with Gasteiger partial charge in [-0.15, -0.1) is 0 Å². The van der Waals surface area contributed by atoms with Crippen molar-refractivity contribution >= 4 is 46.9 Å². The number of benzene rings is 4. The van der Waals surface area contributed by atoms with Crippen LogP contribution in [-0.2, 0) is 0 Å². The van der Waals surface area contributed by atoms with Crippen molar-refractivity contribution in [3.8, 4) is 23.0 Å². The third-order valence-electron chi connectivity index (χ3n) is 12.3. The second kappa shape index (κ2) is 26.5. The van der Waals surface area contributed by atoms with Crippen LogP contribution in [0.1, 0.15) is 103 Å². The predicted octanol–water partition coefficient (Wildman–Crippen LogP) is 10.5. The van der Waals surface area contributed by atoms with Crippen molar-refractivity contribution in [1.82, 2.24) is 21.3 Å². The highest BCUT2D eigenvalue weighted by molar-refractivity contribution is 5.94. The minimum absolute atomic E-state index is 0.484. The van der Waals surface area contributed by atoms with E-state index in [9.17, 15) is 19.2 Å². The van der Waals surface area contributed by atoms with Crippen molar-refractivity contribution in [1.29, 1.82) is 0 Å². The van der Waals surface area contributed by atoms with Gasteiger partial charge in [0, 0.05) is 47.0 Å². The van der Waals surface area contributed by atoms with Crippen LogP contribution in [0, 0.1) is 0 Å². The van der Waals surface area contributed by atoms with Gasteiger partial charge < -0.3 is 61.5 Å². The second-order valence-corrected chi connectivity index (χ2v) is 17.7. The van der Waals surface area contributed by atoms with Gasteiger partial charge in [0.15, 0.2) is 0 Å². The number of carbonyl (C=O) groups is 4. The summed E-state index contributed by atoms with van der Waals surface area (Å²) in [4.78, 5) is 55.5. The SMILES string of the molecule is O=C1Nc2cccc(c2)OCCCCCCCCCCOc2cccc(c2)NC(=O)NC2C(N1)C1NC(=O)Nc3cccc(c3)OCCCCCCCCCCOc3cccc(c3)NC(=O)NC21. The van der Waals surface area contributed by atoms with Crippen LogP contribution >= 0.6 is 0 Å². The lowest BCUT2D eigenvalue weighted by molar-refractivity contribution is 0.129. The maximum atomic E-state index is 13.9. The summed E-state index contributed by atoms with van der Waals surface area (Å²) in [5.41, 5.74) is 1.94. The van der Waals surface area contributed by atoms with Crippen molar-refractivity contribution in [2.45, 2.75) is 127 Å². The Morgan fingerprint density at radius 2 is 0.500 bits per heavy atom. The molecule has 1 fully saturated rings. The molecule has 16 nitrogen and oxygen atoms in total. The molecule has 1 saturated carbocycles. The zero-order chi connectivity index (χ0) is 47.2. The number of hydrogen-bond acceptors (Lipinski definition) is 8. The zero-order valence-corrected chi connectivity index (χ0v) is 39.0. The first-order valence-corrected chi connectivity index (χ1v) is 24.6. The summed E-state index contributed by atoms with van der Waals surface area (Å²) in [6, 6.07) is 22.4. The molecule has 0 unspecified atom stereocenters. The van der Waals surface area contributed by atoms with Crippen LogP contribution in [0.5, 0.6) is 23.0 Å². The maximum Gasteiger partial charge on any atom is 0.319 e. The first-order chi connectivity index (χ1) is 33.3. The van der Waals surface area contributed by atoms with E-state index in [4.69, 9.17) is 18.9 Å². The van der Waals surface area contributed by atoms with Crippen LogP contribution in [-0.4, -0.2) is 74.7 Å². The topological polar surface area (TPSA) is 201 Å². The number of rotatable bonds is 0. The van der Waals surface area contributed by atoms with E-state index >= 15 is 0 Å². The number of amides is 8. The number of hydrogen-bond donors (Lipinski definition) is 8. The molecule has 0 saturated heterocycles. The van der Waals surface area contributed by atoms with Crippen molar-refractivity contribution in [2.24, 2.45) is 0 Å². The molecule has 0 atom stereocenters. The summed E-state index contributed by atoms with van der Waals surface area (Å²) in [6.07, 6.45) is 17.2. The van der Waals surface area contributed by atoms with Gasteiger partial charge in [-0.2, -0.15) is 0 Å². The number of fused-ring (bicyclic) bond motifs is 12. The molecule has 2 heterocycles. The molecule has 3 aliphatic rings.